The minimum Gasteiger partial charge on any atom is -0.389 e. The van der Waals surface area contributed by atoms with E-state index >= 15 is 0 Å². The van der Waals surface area contributed by atoms with E-state index in [0.717, 1.165) is 18.4 Å². The average Bonchev–Trinajstić information content (AvgIpc) is 2.24. The number of hydrogen-bond acceptors (Lipinski definition) is 4. The molecule has 0 saturated heterocycles. The van der Waals surface area contributed by atoms with E-state index in [1.165, 1.54) is 0 Å². The summed E-state index contributed by atoms with van der Waals surface area (Å²) in [6, 6.07) is 2.40. The highest BCUT2D eigenvalue weighted by Gasteiger charge is 2.31. The minimum atomic E-state index is -4.59. The maximum Gasteiger partial charge on any atom is 0.416 e. The molecular formula is C11H11F3N2O3S2. The zero-order chi connectivity index (χ0) is 16.4. The van der Waals surface area contributed by atoms with Gasteiger partial charge in [0.1, 0.15) is 10.7 Å². The van der Waals surface area contributed by atoms with Crippen molar-refractivity contribution in [2.75, 3.05) is 17.3 Å². The molecular weight excluding hydrogens is 329 g/mol. The number of alkyl halides is 3. The van der Waals surface area contributed by atoms with Crippen molar-refractivity contribution in [3.05, 3.63) is 29.3 Å². The van der Waals surface area contributed by atoms with Gasteiger partial charge in [0, 0.05) is 11.8 Å². The third-order valence-electron chi connectivity index (χ3n) is 2.28. The van der Waals surface area contributed by atoms with E-state index in [1.54, 1.807) is 0 Å². The van der Waals surface area contributed by atoms with Crippen LogP contribution in [0.3, 0.4) is 0 Å². The van der Waals surface area contributed by atoms with E-state index in [0.29, 0.717) is 6.07 Å². The number of nitrogens with two attached hydrogens (primary N) is 1. The molecule has 1 amide bonds. The first kappa shape index (κ1) is 17.4. The zero-order valence-corrected chi connectivity index (χ0v) is 12.3. The lowest BCUT2D eigenvalue weighted by molar-refractivity contribution is -0.137. The van der Waals surface area contributed by atoms with Gasteiger partial charge in [0.2, 0.25) is 5.91 Å². The molecule has 0 aliphatic rings. The number of halogens is 3. The van der Waals surface area contributed by atoms with Crippen LogP contribution in [0.4, 0.5) is 18.9 Å². The zero-order valence-electron chi connectivity index (χ0n) is 10.7. The summed E-state index contributed by atoms with van der Waals surface area (Å²) in [4.78, 5) is 11.1. The Kier molecular flexibility index (Phi) is 4.95. The van der Waals surface area contributed by atoms with E-state index < -0.39 is 33.2 Å². The molecule has 21 heavy (non-hydrogen) atoms. The fraction of sp³-hybridized carbons (Fsp3) is 0.273. The molecule has 1 aromatic rings. The molecule has 0 fully saturated rings. The van der Waals surface area contributed by atoms with Crippen molar-refractivity contribution in [1.82, 2.24) is 0 Å². The van der Waals surface area contributed by atoms with Gasteiger partial charge >= 0.3 is 6.18 Å². The maximum atomic E-state index is 12.6. The summed E-state index contributed by atoms with van der Waals surface area (Å²) in [5, 5.41) is 2.17. The van der Waals surface area contributed by atoms with Gasteiger partial charge in [0.15, 0.2) is 9.84 Å². The first-order chi connectivity index (χ1) is 9.40. The lowest BCUT2D eigenvalue weighted by Gasteiger charge is -2.13. The normalized spacial score (nSPS) is 12.0. The van der Waals surface area contributed by atoms with E-state index in [4.69, 9.17) is 5.73 Å². The topological polar surface area (TPSA) is 89.3 Å². The number of carbonyl (C=O) groups excluding carboxylic acids is 1. The average molecular weight is 340 g/mol. The Bertz CT molecular complexity index is 684. The molecule has 1 aromatic carbocycles. The van der Waals surface area contributed by atoms with Crippen molar-refractivity contribution in [2.45, 2.75) is 6.18 Å². The monoisotopic (exact) mass is 340 g/mol. The number of rotatable bonds is 4. The van der Waals surface area contributed by atoms with E-state index in [2.05, 4.69) is 17.5 Å². The van der Waals surface area contributed by atoms with Crippen LogP contribution in [0, 0.1) is 0 Å². The second-order valence-electron chi connectivity index (χ2n) is 4.24. The molecule has 0 radical (unpaired) electrons. The van der Waals surface area contributed by atoms with Gasteiger partial charge in [-0.15, -0.1) is 0 Å². The second-order valence-corrected chi connectivity index (χ2v) is 6.82. The Morgan fingerprint density at radius 3 is 2.38 bits per heavy atom. The molecule has 0 heterocycles. The summed E-state index contributed by atoms with van der Waals surface area (Å²) in [7, 11) is -3.56. The molecule has 0 bridgehead atoms. The number of thiocarbonyl (C=S) groups is 1. The number of nitrogens with one attached hydrogen (secondary N) is 1. The lowest BCUT2D eigenvalue weighted by atomic mass is 10.1. The van der Waals surface area contributed by atoms with Crippen LogP contribution in [0.5, 0.6) is 0 Å². The van der Waals surface area contributed by atoms with Crippen LogP contribution in [0.2, 0.25) is 0 Å². The van der Waals surface area contributed by atoms with Gasteiger partial charge in [-0.2, -0.15) is 13.2 Å². The molecule has 5 nitrogen and oxygen atoms in total. The third-order valence-corrected chi connectivity index (χ3v) is 3.29. The van der Waals surface area contributed by atoms with Gasteiger partial charge in [-0.25, -0.2) is 8.42 Å². The standard InChI is InChI=1S/C11H11F3N2O3S2/c1-21(18,19)5-9(17)16-8-3-2-6(11(12,13)14)4-7(8)10(15)20/h2-4H,5H2,1H3,(H2,15,20)(H,16,17). The fourth-order valence-corrected chi connectivity index (χ4v) is 2.18. The lowest BCUT2D eigenvalue weighted by Crippen LogP contribution is -2.24. The number of sulfone groups is 1. The summed E-state index contributed by atoms with van der Waals surface area (Å²) in [6.45, 7) is 0. The SMILES string of the molecule is CS(=O)(=O)CC(=O)Nc1ccc(C(F)(F)F)cc1C(N)=S. The van der Waals surface area contributed by atoms with Crippen LogP contribution in [0.15, 0.2) is 18.2 Å². The molecule has 3 N–H and O–H groups in total. The Morgan fingerprint density at radius 2 is 1.95 bits per heavy atom. The van der Waals surface area contributed by atoms with Crippen LogP contribution >= 0.6 is 12.2 Å². The summed E-state index contributed by atoms with van der Waals surface area (Å²) in [6.07, 6.45) is -3.73. The molecule has 0 atom stereocenters. The molecule has 0 saturated carbocycles. The van der Waals surface area contributed by atoms with Crippen LogP contribution in [-0.4, -0.2) is 31.3 Å². The smallest absolute Gasteiger partial charge is 0.389 e. The van der Waals surface area contributed by atoms with Crippen molar-refractivity contribution in [3.8, 4) is 0 Å². The molecule has 0 aliphatic carbocycles. The van der Waals surface area contributed by atoms with Crippen LogP contribution in [0.1, 0.15) is 11.1 Å². The largest absolute Gasteiger partial charge is 0.416 e. The molecule has 0 spiro atoms. The summed E-state index contributed by atoms with van der Waals surface area (Å²) in [5.74, 6) is -1.69. The van der Waals surface area contributed by atoms with Gasteiger partial charge in [0.05, 0.1) is 11.3 Å². The van der Waals surface area contributed by atoms with Crippen molar-refractivity contribution >= 4 is 38.6 Å². The van der Waals surface area contributed by atoms with Gasteiger partial charge in [-0.3, -0.25) is 4.79 Å². The van der Waals surface area contributed by atoms with E-state index in [1.807, 2.05) is 0 Å². The van der Waals surface area contributed by atoms with Crippen LogP contribution < -0.4 is 11.1 Å². The van der Waals surface area contributed by atoms with Crippen molar-refractivity contribution in [2.24, 2.45) is 5.73 Å². The molecule has 0 unspecified atom stereocenters. The second kappa shape index (κ2) is 5.98. The van der Waals surface area contributed by atoms with Gasteiger partial charge in [-0.1, -0.05) is 12.2 Å². The van der Waals surface area contributed by atoms with E-state index in [-0.39, 0.29) is 16.2 Å². The molecule has 0 aliphatic heterocycles. The van der Waals surface area contributed by atoms with Crippen LogP contribution in [0.25, 0.3) is 0 Å². The quantitative estimate of drug-likeness (QED) is 0.807. The van der Waals surface area contributed by atoms with Crippen molar-refractivity contribution < 1.29 is 26.4 Å². The maximum absolute atomic E-state index is 12.6. The highest BCUT2D eigenvalue weighted by molar-refractivity contribution is 7.91. The van der Waals surface area contributed by atoms with E-state index in [9.17, 15) is 26.4 Å². The Labute approximate surface area is 124 Å². The number of anilines is 1. The number of hydrogen-bond donors (Lipinski definition) is 2. The highest BCUT2D eigenvalue weighted by Crippen LogP contribution is 2.31. The predicted octanol–water partition coefficient (Wildman–Crippen LogP) is 1.32. The molecule has 1 rings (SSSR count). The first-order valence-corrected chi connectivity index (χ1v) is 7.85. The Morgan fingerprint density at radius 1 is 1.38 bits per heavy atom. The van der Waals surface area contributed by atoms with Gasteiger partial charge < -0.3 is 11.1 Å². The van der Waals surface area contributed by atoms with Crippen molar-refractivity contribution in [1.29, 1.82) is 0 Å². The Hall–Kier alpha value is -1.68. The minimum absolute atomic E-state index is 0.0795. The summed E-state index contributed by atoms with van der Waals surface area (Å²) < 4.78 is 59.7. The predicted molar refractivity (Wildman–Crippen MR) is 75.7 cm³/mol. The fourth-order valence-electron chi connectivity index (χ4n) is 1.46. The molecule has 10 heteroatoms. The van der Waals surface area contributed by atoms with Crippen molar-refractivity contribution in [3.63, 3.8) is 0 Å². The first-order valence-electron chi connectivity index (χ1n) is 5.39. The molecule has 0 aromatic heterocycles. The number of carbonyl (C=O) groups is 1. The summed E-state index contributed by atoms with van der Waals surface area (Å²) >= 11 is 4.64. The molecule has 116 valence electrons. The van der Waals surface area contributed by atoms with Crippen LogP contribution in [-0.2, 0) is 20.8 Å². The van der Waals surface area contributed by atoms with Gasteiger partial charge in [-0.05, 0) is 18.2 Å². The number of benzene rings is 1. The van der Waals surface area contributed by atoms with Gasteiger partial charge in [0.25, 0.3) is 0 Å². The highest BCUT2D eigenvalue weighted by atomic mass is 32.2. The third kappa shape index (κ3) is 5.31. The summed E-state index contributed by atoms with van der Waals surface area (Å²) in [5.41, 5.74) is 4.07. The number of amides is 1. The Balaban J connectivity index is 3.14.